The fourth-order valence-electron chi connectivity index (χ4n) is 1.43. The summed E-state index contributed by atoms with van der Waals surface area (Å²) in [4.78, 5) is 1.27. The van der Waals surface area contributed by atoms with Crippen LogP contribution in [0.3, 0.4) is 0 Å². The summed E-state index contributed by atoms with van der Waals surface area (Å²) in [5, 5.41) is 8.31. The number of nitrogens with one attached hydrogen (secondary N) is 2. The minimum Gasteiger partial charge on any atom is -0.360 e. The third-order valence-electron chi connectivity index (χ3n) is 2.42. The number of hydrogen-bond acceptors (Lipinski definition) is 6. The van der Waals surface area contributed by atoms with Crippen LogP contribution in [0.1, 0.15) is 17.6 Å². The molecule has 6 nitrogen and oxygen atoms in total. The summed E-state index contributed by atoms with van der Waals surface area (Å²) < 4.78 is 31.4. The maximum Gasteiger partial charge on any atom is 0.241 e. The van der Waals surface area contributed by atoms with E-state index in [9.17, 15) is 8.42 Å². The SMILES string of the molecule is CCNCc1cc(S(=O)(=O)NCc2ccno2)cs1. The Bertz CT molecular complexity index is 605. The zero-order valence-corrected chi connectivity index (χ0v) is 12.1. The standard InChI is InChI=1S/C11H15N3O3S2/c1-2-12-7-10-5-11(8-18-10)19(15,16)14-6-9-3-4-13-17-9/h3-5,8,12,14H,2,6-7H2,1H3. The molecule has 0 aromatic carbocycles. The van der Waals surface area contributed by atoms with Crippen molar-refractivity contribution < 1.29 is 12.9 Å². The third kappa shape index (κ3) is 3.87. The molecule has 0 bridgehead atoms. The molecule has 0 saturated carbocycles. The van der Waals surface area contributed by atoms with E-state index in [1.165, 1.54) is 17.5 Å². The largest absolute Gasteiger partial charge is 0.360 e. The van der Waals surface area contributed by atoms with Gasteiger partial charge in [-0.25, -0.2) is 13.1 Å². The van der Waals surface area contributed by atoms with Gasteiger partial charge in [0.05, 0.1) is 17.6 Å². The molecule has 2 aromatic rings. The third-order valence-corrected chi connectivity index (χ3v) is 4.88. The van der Waals surface area contributed by atoms with Crippen LogP contribution in [-0.2, 0) is 23.1 Å². The zero-order valence-electron chi connectivity index (χ0n) is 10.4. The summed E-state index contributed by atoms with van der Waals surface area (Å²) in [6.07, 6.45) is 1.47. The molecule has 0 atom stereocenters. The molecule has 104 valence electrons. The average molecular weight is 301 g/mol. The Morgan fingerprint density at radius 1 is 1.42 bits per heavy atom. The van der Waals surface area contributed by atoms with E-state index in [4.69, 9.17) is 4.52 Å². The summed E-state index contributed by atoms with van der Waals surface area (Å²) in [6, 6.07) is 3.29. The van der Waals surface area contributed by atoms with E-state index in [-0.39, 0.29) is 11.4 Å². The Hall–Kier alpha value is -1.22. The minimum absolute atomic E-state index is 0.0979. The maximum absolute atomic E-state index is 12.0. The molecule has 2 N–H and O–H groups in total. The van der Waals surface area contributed by atoms with Gasteiger partial charge < -0.3 is 9.84 Å². The van der Waals surface area contributed by atoms with Crippen LogP contribution in [0.25, 0.3) is 0 Å². The summed E-state index contributed by atoms with van der Waals surface area (Å²) in [5.41, 5.74) is 0. The second-order valence-corrected chi connectivity index (χ2v) is 6.60. The van der Waals surface area contributed by atoms with E-state index in [1.807, 2.05) is 6.92 Å². The second-order valence-electron chi connectivity index (χ2n) is 3.83. The molecule has 0 saturated heterocycles. The predicted molar refractivity (Wildman–Crippen MR) is 72.2 cm³/mol. The number of aromatic nitrogens is 1. The fourth-order valence-corrected chi connectivity index (χ4v) is 3.66. The highest BCUT2D eigenvalue weighted by molar-refractivity contribution is 7.89. The van der Waals surface area contributed by atoms with Crippen molar-refractivity contribution >= 4 is 21.4 Å². The first kappa shape index (κ1) is 14.2. The molecular formula is C11H15N3O3S2. The molecule has 0 aliphatic heterocycles. The van der Waals surface area contributed by atoms with Crippen LogP contribution in [0, 0.1) is 0 Å². The molecule has 0 fully saturated rings. The second kappa shape index (κ2) is 6.29. The number of rotatable bonds is 7. The molecule has 2 rings (SSSR count). The van der Waals surface area contributed by atoms with Crippen molar-refractivity contribution in [1.29, 1.82) is 0 Å². The zero-order chi connectivity index (χ0) is 13.7. The Balaban J connectivity index is 2.00. The first-order valence-electron chi connectivity index (χ1n) is 5.79. The van der Waals surface area contributed by atoms with E-state index in [0.29, 0.717) is 12.3 Å². The van der Waals surface area contributed by atoms with Gasteiger partial charge in [0.2, 0.25) is 10.0 Å². The quantitative estimate of drug-likeness (QED) is 0.806. The van der Waals surface area contributed by atoms with Gasteiger partial charge in [0.25, 0.3) is 0 Å². The van der Waals surface area contributed by atoms with Crippen molar-refractivity contribution in [3.8, 4) is 0 Å². The number of thiophene rings is 1. The van der Waals surface area contributed by atoms with Crippen molar-refractivity contribution in [3.05, 3.63) is 34.3 Å². The molecule has 0 aliphatic rings. The topological polar surface area (TPSA) is 84.2 Å². The summed E-state index contributed by atoms with van der Waals surface area (Å²) in [5.74, 6) is 0.478. The van der Waals surface area contributed by atoms with Gasteiger partial charge in [-0.1, -0.05) is 12.1 Å². The number of nitrogens with zero attached hydrogens (tertiary/aromatic N) is 1. The van der Waals surface area contributed by atoms with Crippen LogP contribution >= 0.6 is 11.3 Å². The lowest BCUT2D eigenvalue weighted by Crippen LogP contribution is -2.22. The first-order chi connectivity index (χ1) is 9.12. The molecule has 0 aliphatic carbocycles. The van der Waals surface area contributed by atoms with Crippen LogP contribution in [0.2, 0.25) is 0 Å². The van der Waals surface area contributed by atoms with Crippen molar-refractivity contribution in [2.45, 2.75) is 24.9 Å². The van der Waals surface area contributed by atoms with Gasteiger partial charge in [0, 0.05) is 22.9 Å². The van der Waals surface area contributed by atoms with E-state index in [2.05, 4.69) is 15.2 Å². The number of sulfonamides is 1. The Labute approximate surface area is 115 Å². The van der Waals surface area contributed by atoms with Crippen molar-refractivity contribution in [1.82, 2.24) is 15.2 Å². The van der Waals surface area contributed by atoms with Gasteiger partial charge in [-0.2, -0.15) is 0 Å². The van der Waals surface area contributed by atoms with Crippen molar-refractivity contribution in [2.75, 3.05) is 6.54 Å². The smallest absolute Gasteiger partial charge is 0.241 e. The Morgan fingerprint density at radius 2 is 2.26 bits per heavy atom. The van der Waals surface area contributed by atoms with Gasteiger partial charge in [-0.05, 0) is 12.6 Å². The van der Waals surface area contributed by atoms with Crippen molar-refractivity contribution in [3.63, 3.8) is 0 Å². The number of hydrogen-bond donors (Lipinski definition) is 2. The lowest BCUT2D eigenvalue weighted by Gasteiger charge is -2.02. The average Bonchev–Trinajstić information content (AvgIpc) is 3.05. The summed E-state index contributed by atoms with van der Waals surface area (Å²) in [6.45, 7) is 3.63. The van der Waals surface area contributed by atoms with Gasteiger partial charge >= 0.3 is 0 Å². The summed E-state index contributed by atoms with van der Waals surface area (Å²) >= 11 is 1.42. The molecule has 2 heterocycles. The van der Waals surface area contributed by atoms with Crippen LogP contribution in [0.15, 0.2) is 33.1 Å². The molecule has 8 heteroatoms. The van der Waals surface area contributed by atoms with Gasteiger partial charge in [-0.3, -0.25) is 0 Å². The molecule has 0 radical (unpaired) electrons. The van der Waals surface area contributed by atoms with Crippen LogP contribution < -0.4 is 10.0 Å². The van der Waals surface area contributed by atoms with Crippen LogP contribution in [-0.4, -0.2) is 20.1 Å². The highest BCUT2D eigenvalue weighted by atomic mass is 32.2. The van der Waals surface area contributed by atoms with E-state index in [0.717, 1.165) is 11.4 Å². The van der Waals surface area contributed by atoms with Gasteiger partial charge in [0.1, 0.15) is 0 Å². The van der Waals surface area contributed by atoms with E-state index in [1.54, 1.807) is 17.5 Å². The minimum atomic E-state index is -3.50. The Kier molecular flexibility index (Phi) is 4.70. The molecule has 0 spiro atoms. The van der Waals surface area contributed by atoms with Crippen LogP contribution in [0.5, 0.6) is 0 Å². The fraction of sp³-hybridized carbons (Fsp3) is 0.364. The Morgan fingerprint density at radius 3 is 2.95 bits per heavy atom. The molecule has 2 aromatic heterocycles. The lowest BCUT2D eigenvalue weighted by molar-refractivity contribution is 0.380. The molecule has 0 unspecified atom stereocenters. The normalized spacial score (nSPS) is 11.8. The van der Waals surface area contributed by atoms with Crippen molar-refractivity contribution in [2.24, 2.45) is 0 Å². The highest BCUT2D eigenvalue weighted by Crippen LogP contribution is 2.19. The predicted octanol–water partition coefficient (Wildman–Crippen LogP) is 1.32. The summed E-state index contributed by atoms with van der Waals surface area (Å²) in [7, 11) is -3.50. The van der Waals surface area contributed by atoms with Gasteiger partial charge in [-0.15, -0.1) is 11.3 Å². The van der Waals surface area contributed by atoms with Gasteiger partial charge in [0.15, 0.2) is 5.76 Å². The first-order valence-corrected chi connectivity index (χ1v) is 8.15. The maximum atomic E-state index is 12.0. The monoisotopic (exact) mass is 301 g/mol. The van der Waals surface area contributed by atoms with Crippen LogP contribution in [0.4, 0.5) is 0 Å². The molecular weight excluding hydrogens is 286 g/mol. The highest BCUT2D eigenvalue weighted by Gasteiger charge is 2.16. The van der Waals surface area contributed by atoms with E-state index >= 15 is 0 Å². The lowest BCUT2D eigenvalue weighted by atomic mass is 10.4. The van der Waals surface area contributed by atoms with E-state index < -0.39 is 10.0 Å². The molecule has 19 heavy (non-hydrogen) atoms. The molecule has 0 amide bonds.